The lowest BCUT2D eigenvalue weighted by atomic mass is 10.2. The fourth-order valence-electron chi connectivity index (χ4n) is 3.69. The highest BCUT2D eigenvalue weighted by Gasteiger charge is 2.10. The van der Waals surface area contributed by atoms with Gasteiger partial charge >= 0.3 is 0 Å². The number of furan rings is 1. The van der Waals surface area contributed by atoms with E-state index in [1.165, 1.54) is 29.8 Å². The Morgan fingerprint density at radius 1 is 1.08 bits per heavy atom. The molecular formula is C29H24ClFN4O3S. The van der Waals surface area contributed by atoms with Crippen molar-refractivity contribution in [2.75, 3.05) is 25.6 Å². The second kappa shape index (κ2) is 12.7. The molecule has 3 heterocycles. The summed E-state index contributed by atoms with van der Waals surface area (Å²) in [4.78, 5) is 10.4. The molecule has 0 aliphatic heterocycles. The van der Waals surface area contributed by atoms with Crippen molar-refractivity contribution in [2.24, 2.45) is 0 Å². The summed E-state index contributed by atoms with van der Waals surface area (Å²) in [5, 5.41) is 7.80. The highest BCUT2D eigenvalue weighted by Crippen LogP contribution is 2.33. The fraction of sp³-hybridized carbons (Fsp3) is 0.172. The standard InChI is InChI=1S/C29H24ClFN4O3S/c1-36-12-11-32-16-23-7-6-22(38-23)8-9-24-15-25-28(33-18-34-29(25)39-24)35-21-5-10-27(26(30)14-21)37-17-19-3-2-4-20(31)13-19/h2-7,10,13-15,18,32H,11-12,16-17H2,1H3,(H,33,34,35). The molecule has 5 rings (SSSR count). The zero-order valence-electron chi connectivity index (χ0n) is 21.0. The fourth-order valence-corrected chi connectivity index (χ4v) is 4.77. The minimum atomic E-state index is -0.308. The first-order chi connectivity index (χ1) is 19.1. The predicted octanol–water partition coefficient (Wildman–Crippen LogP) is 6.54. The molecule has 0 bridgehead atoms. The van der Waals surface area contributed by atoms with Crippen LogP contribution in [0.1, 0.15) is 22.0 Å². The number of thiophene rings is 1. The number of benzene rings is 2. The van der Waals surface area contributed by atoms with E-state index in [0.29, 0.717) is 35.5 Å². The van der Waals surface area contributed by atoms with Crippen LogP contribution in [0.5, 0.6) is 5.75 Å². The molecule has 10 heteroatoms. The number of hydrogen-bond acceptors (Lipinski definition) is 8. The van der Waals surface area contributed by atoms with Crippen LogP contribution < -0.4 is 15.4 Å². The van der Waals surface area contributed by atoms with Gasteiger partial charge in [0.05, 0.1) is 28.4 Å². The van der Waals surface area contributed by atoms with Crippen molar-refractivity contribution < 1.29 is 18.3 Å². The van der Waals surface area contributed by atoms with Crippen molar-refractivity contribution in [2.45, 2.75) is 13.2 Å². The SMILES string of the molecule is COCCNCc1ccc(C#Cc2cc3c(Nc4ccc(OCc5cccc(F)c5)c(Cl)c4)ncnc3s2)o1. The van der Waals surface area contributed by atoms with Gasteiger partial charge in [-0.05, 0) is 65.9 Å². The molecule has 3 aromatic heterocycles. The molecule has 0 amide bonds. The van der Waals surface area contributed by atoms with E-state index in [-0.39, 0.29) is 12.4 Å². The first-order valence-corrected chi connectivity index (χ1v) is 13.3. The molecule has 2 aromatic carbocycles. The third kappa shape index (κ3) is 7.13. The lowest BCUT2D eigenvalue weighted by molar-refractivity contribution is 0.198. The lowest BCUT2D eigenvalue weighted by Gasteiger charge is -2.11. The predicted molar refractivity (Wildman–Crippen MR) is 151 cm³/mol. The second-order valence-corrected chi connectivity index (χ2v) is 9.86. The van der Waals surface area contributed by atoms with Crippen LogP contribution in [-0.4, -0.2) is 30.2 Å². The number of nitrogens with one attached hydrogen (secondary N) is 2. The van der Waals surface area contributed by atoms with Gasteiger partial charge < -0.3 is 24.5 Å². The quantitative estimate of drug-likeness (QED) is 0.148. The van der Waals surface area contributed by atoms with Gasteiger partial charge in [0.2, 0.25) is 0 Å². The van der Waals surface area contributed by atoms with Gasteiger partial charge in [-0.2, -0.15) is 0 Å². The molecule has 0 saturated heterocycles. The zero-order chi connectivity index (χ0) is 27.0. The summed E-state index contributed by atoms with van der Waals surface area (Å²) in [6.45, 7) is 2.21. The number of anilines is 2. The third-order valence-electron chi connectivity index (χ3n) is 5.56. The Morgan fingerprint density at radius 2 is 2.00 bits per heavy atom. The van der Waals surface area contributed by atoms with E-state index in [9.17, 15) is 4.39 Å². The van der Waals surface area contributed by atoms with Gasteiger partial charge in [0.1, 0.15) is 40.9 Å². The topological polar surface area (TPSA) is 81.4 Å². The molecule has 39 heavy (non-hydrogen) atoms. The van der Waals surface area contributed by atoms with Gasteiger partial charge in [0.15, 0.2) is 5.76 Å². The largest absolute Gasteiger partial charge is 0.487 e. The number of rotatable bonds is 10. The maximum atomic E-state index is 13.4. The highest BCUT2D eigenvalue weighted by molar-refractivity contribution is 7.19. The molecule has 198 valence electrons. The molecule has 7 nitrogen and oxygen atoms in total. The summed E-state index contributed by atoms with van der Waals surface area (Å²) in [6, 6.07) is 17.3. The summed E-state index contributed by atoms with van der Waals surface area (Å²) < 4.78 is 30.0. The van der Waals surface area contributed by atoms with Crippen LogP contribution in [0.25, 0.3) is 10.2 Å². The molecule has 0 unspecified atom stereocenters. The minimum Gasteiger partial charge on any atom is -0.487 e. The zero-order valence-corrected chi connectivity index (χ0v) is 22.5. The summed E-state index contributed by atoms with van der Waals surface area (Å²) >= 11 is 7.93. The van der Waals surface area contributed by atoms with Gasteiger partial charge in [-0.15, -0.1) is 11.3 Å². The number of aromatic nitrogens is 2. The Morgan fingerprint density at radius 3 is 2.85 bits per heavy atom. The summed E-state index contributed by atoms with van der Waals surface area (Å²) in [5.74, 6) is 8.46. The molecule has 0 aliphatic rings. The van der Waals surface area contributed by atoms with Crippen molar-refractivity contribution in [1.82, 2.24) is 15.3 Å². The first-order valence-electron chi connectivity index (χ1n) is 12.1. The van der Waals surface area contributed by atoms with Crippen molar-refractivity contribution in [1.29, 1.82) is 0 Å². The monoisotopic (exact) mass is 562 g/mol. The average molecular weight is 563 g/mol. The number of ether oxygens (including phenoxy) is 2. The molecule has 0 atom stereocenters. The number of halogens is 2. The van der Waals surface area contributed by atoms with Gasteiger partial charge in [-0.3, -0.25) is 0 Å². The summed E-state index contributed by atoms with van der Waals surface area (Å²) in [6.07, 6.45) is 1.51. The van der Waals surface area contributed by atoms with Crippen molar-refractivity contribution in [3.05, 3.63) is 99.8 Å². The Kier molecular flexibility index (Phi) is 8.71. The lowest BCUT2D eigenvalue weighted by Crippen LogP contribution is -2.18. The van der Waals surface area contributed by atoms with Crippen LogP contribution in [0, 0.1) is 17.7 Å². The third-order valence-corrected chi connectivity index (χ3v) is 6.81. The van der Waals surface area contributed by atoms with Crippen LogP contribution in [-0.2, 0) is 17.9 Å². The molecule has 0 radical (unpaired) electrons. The van der Waals surface area contributed by atoms with Gasteiger partial charge in [0.25, 0.3) is 0 Å². The van der Waals surface area contributed by atoms with Crippen molar-refractivity contribution >= 4 is 44.7 Å². The minimum absolute atomic E-state index is 0.208. The number of nitrogens with zero attached hydrogens (tertiary/aromatic N) is 2. The highest BCUT2D eigenvalue weighted by atomic mass is 35.5. The van der Waals surface area contributed by atoms with E-state index in [1.54, 1.807) is 31.4 Å². The summed E-state index contributed by atoms with van der Waals surface area (Å²) in [7, 11) is 1.67. The van der Waals surface area contributed by atoms with Crippen LogP contribution in [0.15, 0.2) is 71.4 Å². The maximum absolute atomic E-state index is 13.4. The van der Waals surface area contributed by atoms with Crippen LogP contribution in [0.3, 0.4) is 0 Å². The Labute approximate surface area is 234 Å². The van der Waals surface area contributed by atoms with E-state index < -0.39 is 0 Å². The normalized spacial score (nSPS) is 10.8. The van der Waals surface area contributed by atoms with Gasteiger partial charge in [0, 0.05) is 19.3 Å². The number of fused-ring (bicyclic) bond motifs is 1. The summed E-state index contributed by atoms with van der Waals surface area (Å²) in [5.41, 5.74) is 1.45. The smallest absolute Gasteiger partial charge is 0.177 e. The van der Waals surface area contributed by atoms with Crippen molar-refractivity contribution in [3.8, 4) is 17.6 Å². The molecule has 0 spiro atoms. The number of hydrogen-bond donors (Lipinski definition) is 2. The van der Waals surface area contributed by atoms with E-state index >= 15 is 0 Å². The first kappa shape index (κ1) is 26.7. The van der Waals surface area contributed by atoms with Crippen molar-refractivity contribution in [3.63, 3.8) is 0 Å². The second-order valence-electron chi connectivity index (χ2n) is 8.43. The molecule has 5 aromatic rings. The molecule has 0 saturated carbocycles. The van der Waals surface area contributed by atoms with Crippen LogP contribution in [0.4, 0.5) is 15.9 Å². The van der Waals surface area contributed by atoms with E-state index in [1.807, 2.05) is 24.3 Å². The van der Waals surface area contributed by atoms with Crippen LogP contribution in [0.2, 0.25) is 5.02 Å². The Bertz CT molecular complexity index is 1640. The maximum Gasteiger partial charge on any atom is 0.177 e. The number of methoxy groups -OCH3 is 1. The van der Waals surface area contributed by atoms with Gasteiger partial charge in [-0.1, -0.05) is 23.7 Å². The average Bonchev–Trinajstić information content (AvgIpc) is 3.57. The van der Waals surface area contributed by atoms with Crippen LogP contribution >= 0.6 is 22.9 Å². The molecule has 0 aliphatic carbocycles. The van der Waals surface area contributed by atoms with E-state index in [2.05, 4.69) is 32.4 Å². The molecule has 0 fully saturated rings. The Hall–Kier alpha value is -3.94. The molecular weight excluding hydrogens is 539 g/mol. The van der Waals surface area contributed by atoms with E-state index in [0.717, 1.165) is 38.6 Å². The van der Waals surface area contributed by atoms with E-state index in [4.69, 9.17) is 25.5 Å². The Balaban J connectivity index is 1.25. The van der Waals surface area contributed by atoms with Gasteiger partial charge in [-0.25, -0.2) is 14.4 Å². The molecule has 2 N–H and O–H groups in total.